The van der Waals surface area contributed by atoms with Crippen molar-refractivity contribution in [3.8, 4) is 0 Å². The first-order valence-corrected chi connectivity index (χ1v) is 20.2. The smallest absolute Gasteiger partial charge is 0.321 e. The van der Waals surface area contributed by atoms with Gasteiger partial charge in [0.1, 0.15) is 23.2 Å². The molecule has 2 amide bonds. The van der Waals surface area contributed by atoms with Gasteiger partial charge in [-0.05, 0) is 64.7 Å². The van der Waals surface area contributed by atoms with Crippen LogP contribution in [0.4, 0.5) is 0 Å². The van der Waals surface area contributed by atoms with Crippen LogP contribution in [-0.4, -0.2) is 129 Å². The van der Waals surface area contributed by atoms with Crippen LogP contribution in [-0.2, 0) is 48.5 Å². The number of guanidine groups is 1. The monoisotopic (exact) mass is 765 g/mol. The van der Waals surface area contributed by atoms with Crippen LogP contribution < -0.4 is 15.5 Å². The van der Waals surface area contributed by atoms with Crippen LogP contribution in [0.2, 0.25) is 0 Å². The number of carbonyl (C=O) groups excluding carboxylic acids is 4. The largest absolute Gasteiger partial charge is 0.459 e. The highest BCUT2D eigenvalue weighted by molar-refractivity contribution is 7.92. The molecule has 2 bridgehead atoms. The molecule has 19 nitrogen and oxygen atoms in total. The summed E-state index contributed by atoms with van der Waals surface area (Å²) >= 11 is 0. The van der Waals surface area contributed by atoms with Crippen molar-refractivity contribution in [1.29, 1.82) is 5.41 Å². The summed E-state index contributed by atoms with van der Waals surface area (Å²) in [6, 6.07) is -2.74. The number of likely N-dealkylation sites (tertiary alicyclic amines) is 1. The quantitative estimate of drug-likeness (QED) is 0.0541. The fourth-order valence-corrected chi connectivity index (χ4v) is 10.8. The van der Waals surface area contributed by atoms with Gasteiger partial charge in [-0.3, -0.25) is 24.6 Å². The van der Waals surface area contributed by atoms with Gasteiger partial charge in [-0.1, -0.05) is 19.3 Å². The van der Waals surface area contributed by atoms with Crippen molar-refractivity contribution in [2.75, 3.05) is 44.0 Å². The van der Waals surface area contributed by atoms with Crippen molar-refractivity contribution in [2.45, 2.75) is 97.6 Å². The standard InChI is InChI=1S/C30H51N7O12S2/c1-8-48-26-20(10-9-13-36(26)27(31)33-37(42)43)32-23(39)15-35(7)25(41)21(16-50(44,45)17-24(40)49-28(2,3)4)34-51(46,47)18-30-12-11-19(14-22(30)38)29(30,5)6/h19-21,26,34H,8-18H2,1-7H3,(H2,31,33)(H,32,39). The van der Waals surface area contributed by atoms with Gasteiger partial charge in [0.25, 0.3) is 5.96 Å². The van der Waals surface area contributed by atoms with Gasteiger partial charge in [0.2, 0.25) is 21.8 Å². The zero-order valence-corrected chi connectivity index (χ0v) is 31.8. The Labute approximate surface area is 298 Å². The van der Waals surface area contributed by atoms with Gasteiger partial charge in [0.05, 0.1) is 24.1 Å². The number of hydrazine groups is 1. The fraction of sp³-hybridized carbons (Fsp3) is 0.833. The van der Waals surface area contributed by atoms with Crippen LogP contribution in [0, 0.1) is 32.3 Å². The molecule has 21 heteroatoms. The number of ketones is 1. The van der Waals surface area contributed by atoms with Crippen LogP contribution in [0.1, 0.15) is 73.6 Å². The van der Waals surface area contributed by atoms with Crippen molar-refractivity contribution in [3.63, 3.8) is 0 Å². The van der Waals surface area contributed by atoms with E-state index in [9.17, 15) is 46.1 Å². The number of nitrogens with zero attached hydrogens (tertiary/aromatic N) is 3. The first-order valence-electron chi connectivity index (χ1n) is 16.7. The van der Waals surface area contributed by atoms with E-state index in [1.165, 1.54) is 25.7 Å². The summed E-state index contributed by atoms with van der Waals surface area (Å²) in [5.74, 6) is -6.67. The second-order valence-electron chi connectivity index (χ2n) is 15.0. The molecule has 3 fully saturated rings. The molecule has 5 unspecified atom stereocenters. The highest BCUT2D eigenvalue weighted by Crippen LogP contribution is 2.64. The first kappa shape index (κ1) is 42.0. The summed E-state index contributed by atoms with van der Waals surface area (Å²) in [5.41, 5.74) is -1.13. The van der Waals surface area contributed by atoms with E-state index in [0.29, 0.717) is 25.7 Å². The number of sulfone groups is 1. The van der Waals surface area contributed by atoms with E-state index < -0.39 is 107 Å². The van der Waals surface area contributed by atoms with E-state index in [0.717, 1.165) is 11.9 Å². The Morgan fingerprint density at radius 2 is 1.82 bits per heavy atom. The molecule has 51 heavy (non-hydrogen) atoms. The van der Waals surface area contributed by atoms with Crippen molar-refractivity contribution in [1.82, 2.24) is 25.3 Å². The third-order valence-electron chi connectivity index (χ3n) is 9.86. The minimum atomic E-state index is -4.50. The highest BCUT2D eigenvalue weighted by atomic mass is 32.2. The molecule has 4 N–H and O–H groups in total. The van der Waals surface area contributed by atoms with E-state index in [1.54, 1.807) is 12.3 Å². The number of esters is 1. The average Bonchev–Trinajstić information content (AvgIpc) is 3.29. The van der Waals surface area contributed by atoms with Gasteiger partial charge in [0, 0.05) is 32.0 Å². The van der Waals surface area contributed by atoms with E-state index in [1.807, 2.05) is 13.8 Å². The minimum absolute atomic E-state index is 0.00928. The molecule has 0 aromatic carbocycles. The summed E-state index contributed by atoms with van der Waals surface area (Å²) in [5, 5.41) is 20.8. The molecule has 2 aliphatic carbocycles. The number of amides is 2. The lowest BCUT2D eigenvalue weighted by Crippen LogP contribution is -2.61. The lowest BCUT2D eigenvalue weighted by molar-refractivity contribution is -0.527. The van der Waals surface area contributed by atoms with Gasteiger partial charge in [-0.15, -0.1) is 0 Å². The highest BCUT2D eigenvalue weighted by Gasteiger charge is 2.65. The van der Waals surface area contributed by atoms with Crippen molar-refractivity contribution in [3.05, 3.63) is 10.1 Å². The van der Waals surface area contributed by atoms with Crippen LogP contribution in [0.25, 0.3) is 0 Å². The molecule has 0 aromatic heterocycles. The Balaban J connectivity index is 1.82. The number of ether oxygens (including phenoxy) is 2. The van der Waals surface area contributed by atoms with Crippen LogP contribution in [0.3, 0.4) is 0 Å². The number of nitrogens with one attached hydrogen (secondary N) is 4. The number of rotatable bonds is 15. The third-order valence-corrected chi connectivity index (χ3v) is 12.9. The Hall–Kier alpha value is -3.43. The molecule has 3 aliphatic rings. The molecule has 1 aliphatic heterocycles. The Morgan fingerprint density at radius 3 is 2.35 bits per heavy atom. The molecule has 0 spiro atoms. The van der Waals surface area contributed by atoms with Crippen LogP contribution in [0.15, 0.2) is 0 Å². The maximum absolute atomic E-state index is 13.8. The maximum atomic E-state index is 13.8. The summed E-state index contributed by atoms with van der Waals surface area (Å²) in [4.78, 5) is 65.5. The van der Waals surface area contributed by atoms with Crippen LogP contribution in [0.5, 0.6) is 0 Å². The molecule has 290 valence electrons. The van der Waals surface area contributed by atoms with Crippen molar-refractivity contribution >= 4 is 49.4 Å². The molecule has 0 aromatic rings. The first-order chi connectivity index (χ1) is 23.3. The molecule has 1 heterocycles. The summed E-state index contributed by atoms with van der Waals surface area (Å²) in [6.45, 7) is 9.61. The second-order valence-corrected chi connectivity index (χ2v) is 18.9. The van der Waals surface area contributed by atoms with Crippen LogP contribution >= 0.6 is 0 Å². The molecule has 0 radical (unpaired) electrons. The number of likely N-dealkylation sites (N-methyl/N-ethyl adjacent to an activating group) is 1. The lowest BCUT2D eigenvalue weighted by atomic mass is 9.70. The van der Waals surface area contributed by atoms with E-state index in [-0.39, 0.29) is 31.3 Å². The van der Waals surface area contributed by atoms with Crippen molar-refractivity contribution in [2.24, 2.45) is 16.7 Å². The number of Topliss-reactive ketones (excluding diaryl/α,β-unsaturated/α-hetero) is 1. The topological polar surface area (TPSA) is 265 Å². The molecular weight excluding hydrogens is 715 g/mol. The SMILES string of the molecule is CCOC1C(NC(=O)CN(C)C(=O)C(CS(=O)(=O)CC(=O)OC(C)(C)C)NS(=O)(=O)CC23CCC(CC2=O)C3(C)C)CCCN1C(=N)N[N+](=O)[O-]. The average molecular weight is 766 g/mol. The number of sulfonamides is 1. The Kier molecular flexibility index (Phi) is 12.9. The zero-order valence-electron chi connectivity index (χ0n) is 30.1. The summed E-state index contributed by atoms with van der Waals surface area (Å²) < 4.78 is 66.7. The number of hydrogen-bond donors (Lipinski definition) is 4. The lowest BCUT2D eigenvalue weighted by Gasteiger charge is -2.41. The third kappa shape index (κ3) is 10.3. The summed E-state index contributed by atoms with van der Waals surface area (Å²) in [6.07, 6.45) is 1.01. The Morgan fingerprint density at radius 1 is 1.18 bits per heavy atom. The van der Waals surface area contributed by atoms with Gasteiger partial charge < -0.3 is 24.6 Å². The molecule has 2 saturated carbocycles. The van der Waals surface area contributed by atoms with Gasteiger partial charge >= 0.3 is 5.97 Å². The maximum Gasteiger partial charge on any atom is 0.321 e. The van der Waals surface area contributed by atoms with E-state index in [4.69, 9.17) is 14.9 Å². The second kappa shape index (κ2) is 15.7. The predicted molar refractivity (Wildman–Crippen MR) is 183 cm³/mol. The van der Waals surface area contributed by atoms with E-state index >= 15 is 0 Å². The van der Waals surface area contributed by atoms with E-state index in [2.05, 4.69) is 10.0 Å². The molecular formula is C30H51N7O12S2. The van der Waals surface area contributed by atoms with Crippen molar-refractivity contribution < 1.29 is 50.5 Å². The number of nitro groups is 1. The predicted octanol–water partition coefficient (Wildman–Crippen LogP) is -0.456. The zero-order chi connectivity index (χ0) is 38.7. The molecule has 5 atom stereocenters. The molecule has 1 saturated heterocycles. The van der Waals surface area contributed by atoms with Gasteiger partial charge in [0.15, 0.2) is 21.1 Å². The number of hydrogen-bond acceptors (Lipinski definition) is 13. The fourth-order valence-electron chi connectivity index (χ4n) is 7.40. The minimum Gasteiger partial charge on any atom is -0.459 e. The number of fused-ring (bicyclic) bond motifs is 2. The Bertz CT molecular complexity index is 1610. The van der Waals surface area contributed by atoms with Gasteiger partial charge in [-0.2, -0.15) is 0 Å². The number of carbonyl (C=O) groups is 4. The normalized spacial score (nSPS) is 25.2. The number of piperidine rings is 1. The molecule has 3 rings (SSSR count). The van der Waals surface area contributed by atoms with Gasteiger partial charge in [-0.25, -0.2) is 31.7 Å². The summed E-state index contributed by atoms with van der Waals surface area (Å²) in [7, 11) is -7.82.